The summed E-state index contributed by atoms with van der Waals surface area (Å²) in [6.07, 6.45) is -1.34. The summed E-state index contributed by atoms with van der Waals surface area (Å²) in [6, 6.07) is 8.69. The molecule has 3 rings (SSSR count). The fraction of sp³-hybridized carbons (Fsp3) is 0.350. The number of rotatable bonds is 3. The summed E-state index contributed by atoms with van der Waals surface area (Å²) in [5, 5.41) is 0. The van der Waals surface area contributed by atoms with E-state index in [9.17, 15) is 18.0 Å². The van der Waals surface area contributed by atoms with Gasteiger partial charge in [0, 0.05) is 5.56 Å². The average molecular weight is 363 g/mol. The molecule has 2 aromatic carbocycles. The largest absolute Gasteiger partial charge is 0.416 e. The van der Waals surface area contributed by atoms with Crippen LogP contribution in [-0.2, 0) is 6.18 Å². The van der Waals surface area contributed by atoms with Gasteiger partial charge in [0.15, 0.2) is 0 Å². The molecule has 2 aromatic rings. The van der Waals surface area contributed by atoms with Crippen LogP contribution in [0.1, 0.15) is 48.3 Å². The number of nitrogens with two attached hydrogens (primary N) is 1. The molecule has 0 aliphatic heterocycles. The number of primary amides is 1. The van der Waals surface area contributed by atoms with Crippen molar-refractivity contribution in [2.24, 2.45) is 5.73 Å². The van der Waals surface area contributed by atoms with E-state index in [4.69, 9.17) is 10.5 Å². The highest BCUT2D eigenvalue weighted by atomic mass is 19.4. The molecular weight excluding hydrogens is 343 g/mol. The Hall–Kier alpha value is -2.50. The number of hydrogen-bond acceptors (Lipinski definition) is 2. The van der Waals surface area contributed by atoms with Crippen LogP contribution in [0.3, 0.4) is 0 Å². The minimum absolute atomic E-state index is 0.216. The second-order valence-electron chi connectivity index (χ2n) is 6.71. The van der Waals surface area contributed by atoms with Crippen LogP contribution in [0.4, 0.5) is 18.0 Å². The molecule has 0 radical (unpaired) electrons. The van der Waals surface area contributed by atoms with Crippen molar-refractivity contribution >= 4 is 6.09 Å². The summed E-state index contributed by atoms with van der Waals surface area (Å²) < 4.78 is 44.6. The van der Waals surface area contributed by atoms with Crippen molar-refractivity contribution in [3.8, 4) is 16.9 Å². The van der Waals surface area contributed by atoms with Crippen LogP contribution in [0.15, 0.2) is 36.4 Å². The van der Waals surface area contributed by atoms with Gasteiger partial charge in [0.25, 0.3) is 0 Å². The van der Waals surface area contributed by atoms with Crippen LogP contribution >= 0.6 is 0 Å². The van der Waals surface area contributed by atoms with Crippen LogP contribution < -0.4 is 10.5 Å². The molecule has 0 heterocycles. The third-order valence-corrected chi connectivity index (χ3v) is 4.76. The fourth-order valence-corrected chi connectivity index (χ4v) is 3.63. The van der Waals surface area contributed by atoms with E-state index in [-0.39, 0.29) is 11.7 Å². The molecule has 0 atom stereocenters. The van der Waals surface area contributed by atoms with Gasteiger partial charge in [-0.25, -0.2) is 4.79 Å². The molecule has 6 heteroatoms. The molecule has 3 nitrogen and oxygen atoms in total. The molecule has 0 bridgehead atoms. The summed E-state index contributed by atoms with van der Waals surface area (Å²) in [4.78, 5) is 11.5. The minimum atomic E-state index is -4.45. The molecule has 138 valence electrons. The van der Waals surface area contributed by atoms with Gasteiger partial charge in [-0.05, 0) is 60.6 Å². The summed E-state index contributed by atoms with van der Waals surface area (Å²) in [5.41, 5.74) is 7.03. The lowest BCUT2D eigenvalue weighted by molar-refractivity contribution is -0.137. The van der Waals surface area contributed by atoms with Gasteiger partial charge >= 0.3 is 12.3 Å². The van der Waals surface area contributed by atoms with Crippen molar-refractivity contribution in [3.63, 3.8) is 0 Å². The molecular formula is C20H20F3NO2. The van der Waals surface area contributed by atoms with Crippen LogP contribution in [-0.4, -0.2) is 6.09 Å². The zero-order valence-electron chi connectivity index (χ0n) is 14.4. The first-order valence-corrected chi connectivity index (χ1v) is 8.55. The topological polar surface area (TPSA) is 52.3 Å². The van der Waals surface area contributed by atoms with E-state index in [0.717, 1.165) is 48.9 Å². The van der Waals surface area contributed by atoms with E-state index in [1.165, 1.54) is 6.07 Å². The number of carbonyl (C=O) groups excluding carboxylic acids is 1. The third-order valence-electron chi connectivity index (χ3n) is 4.76. The predicted octanol–water partition coefficient (Wildman–Crippen LogP) is 5.80. The monoisotopic (exact) mass is 363 g/mol. The second kappa shape index (κ2) is 7.02. The maximum Gasteiger partial charge on any atom is 0.416 e. The maximum atomic E-state index is 13.1. The molecule has 1 fully saturated rings. The van der Waals surface area contributed by atoms with E-state index in [1.54, 1.807) is 12.1 Å². The van der Waals surface area contributed by atoms with Crippen molar-refractivity contribution in [1.29, 1.82) is 0 Å². The fourth-order valence-electron chi connectivity index (χ4n) is 3.63. The standard InChI is InChI=1S/C20H20F3NO2/c1-12-9-16(13-5-2-3-6-13)18(26-19(24)25)17(10-12)14-7-4-8-15(11-14)20(21,22)23/h4,7-11,13H,2-3,5-6H2,1H3,(H2,24,25). The normalized spacial score (nSPS) is 15.2. The smallest absolute Gasteiger partial charge is 0.410 e. The quantitative estimate of drug-likeness (QED) is 0.750. The second-order valence-corrected chi connectivity index (χ2v) is 6.71. The Morgan fingerprint density at radius 1 is 1.15 bits per heavy atom. The molecule has 1 aliphatic carbocycles. The lowest BCUT2D eigenvalue weighted by atomic mass is 9.90. The predicted molar refractivity (Wildman–Crippen MR) is 93.0 cm³/mol. The highest BCUT2D eigenvalue weighted by molar-refractivity contribution is 5.79. The summed E-state index contributed by atoms with van der Waals surface area (Å²) in [7, 11) is 0. The molecule has 0 unspecified atom stereocenters. The first-order valence-electron chi connectivity index (χ1n) is 8.55. The van der Waals surface area contributed by atoms with E-state index in [0.29, 0.717) is 11.1 Å². The number of ether oxygens (including phenoxy) is 1. The van der Waals surface area contributed by atoms with Gasteiger partial charge in [0.2, 0.25) is 0 Å². The van der Waals surface area contributed by atoms with Gasteiger partial charge in [0.1, 0.15) is 5.75 Å². The Morgan fingerprint density at radius 3 is 2.46 bits per heavy atom. The van der Waals surface area contributed by atoms with Crippen molar-refractivity contribution in [2.75, 3.05) is 0 Å². The highest BCUT2D eigenvalue weighted by Crippen LogP contribution is 2.44. The maximum absolute atomic E-state index is 13.1. The molecule has 0 aromatic heterocycles. The molecule has 26 heavy (non-hydrogen) atoms. The lowest BCUT2D eigenvalue weighted by Crippen LogP contribution is -2.18. The van der Waals surface area contributed by atoms with Gasteiger partial charge in [0.05, 0.1) is 5.56 Å². The number of benzene rings is 2. The Bertz CT molecular complexity index is 824. The molecule has 0 spiro atoms. The van der Waals surface area contributed by atoms with Crippen LogP contribution in [0.5, 0.6) is 5.75 Å². The lowest BCUT2D eigenvalue weighted by Gasteiger charge is -2.20. The van der Waals surface area contributed by atoms with Gasteiger partial charge in [-0.1, -0.05) is 31.0 Å². The number of alkyl halides is 3. The highest BCUT2D eigenvalue weighted by Gasteiger charge is 2.31. The number of amides is 1. The first kappa shape index (κ1) is 18.3. The van der Waals surface area contributed by atoms with Crippen LogP contribution in [0, 0.1) is 6.92 Å². The van der Waals surface area contributed by atoms with Crippen molar-refractivity contribution in [1.82, 2.24) is 0 Å². The Balaban J connectivity index is 2.18. The van der Waals surface area contributed by atoms with E-state index >= 15 is 0 Å². The zero-order valence-corrected chi connectivity index (χ0v) is 14.4. The number of carbonyl (C=O) groups is 1. The Labute approximate surface area is 150 Å². The van der Waals surface area contributed by atoms with Gasteiger partial charge in [-0.3, -0.25) is 0 Å². The molecule has 1 amide bonds. The van der Waals surface area contributed by atoms with Crippen LogP contribution in [0.2, 0.25) is 0 Å². The number of hydrogen-bond donors (Lipinski definition) is 1. The van der Waals surface area contributed by atoms with Gasteiger partial charge in [-0.2, -0.15) is 13.2 Å². The van der Waals surface area contributed by atoms with E-state index in [1.807, 2.05) is 13.0 Å². The molecule has 2 N–H and O–H groups in total. The number of aryl methyl sites for hydroxylation is 1. The van der Waals surface area contributed by atoms with Crippen LogP contribution in [0.25, 0.3) is 11.1 Å². The van der Waals surface area contributed by atoms with E-state index in [2.05, 4.69) is 0 Å². The Kier molecular flexibility index (Phi) is 4.94. The molecule has 1 saturated carbocycles. The summed E-state index contributed by atoms with van der Waals surface area (Å²) in [5.74, 6) is 0.489. The van der Waals surface area contributed by atoms with Gasteiger partial charge < -0.3 is 10.5 Å². The molecule has 1 aliphatic rings. The Morgan fingerprint density at radius 2 is 1.85 bits per heavy atom. The first-order chi connectivity index (χ1) is 12.3. The minimum Gasteiger partial charge on any atom is -0.410 e. The zero-order chi connectivity index (χ0) is 18.9. The van der Waals surface area contributed by atoms with Crippen molar-refractivity contribution in [2.45, 2.75) is 44.7 Å². The van der Waals surface area contributed by atoms with Gasteiger partial charge in [-0.15, -0.1) is 0 Å². The third kappa shape index (κ3) is 3.84. The van der Waals surface area contributed by atoms with E-state index < -0.39 is 17.8 Å². The average Bonchev–Trinajstić information content (AvgIpc) is 3.09. The van der Waals surface area contributed by atoms with Crippen molar-refractivity contribution in [3.05, 3.63) is 53.1 Å². The number of halogens is 3. The van der Waals surface area contributed by atoms with Crippen molar-refractivity contribution < 1.29 is 22.7 Å². The summed E-state index contributed by atoms with van der Waals surface area (Å²) >= 11 is 0. The molecule has 0 saturated heterocycles. The summed E-state index contributed by atoms with van der Waals surface area (Å²) in [6.45, 7) is 1.88. The SMILES string of the molecule is Cc1cc(-c2cccc(C(F)(F)F)c2)c(OC(N)=O)c(C2CCCC2)c1.